The minimum Gasteiger partial charge on any atom is -0.383 e. The molecule has 150 valence electrons. The van der Waals surface area contributed by atoms with E-state index in [1.807, 2.05) is 11.8 Å². The number of thioether (sulfide) groups is 1. The molecular weight excluding hydrogens is 358 g/mol. The fraction of sp³-hybridized carbons (Fsp3) is 0.667. The number of hydrogen-bond donors (Lipinski definition) is 0. The number of carbonyl (C=O) groups excluding carboxylic acids is 1. The molecule has 0 N–H and O–H groups in total. The van der Waals surface area contributed by atoms with E-state index in [4.69, 9.17) is 4.74 Å². The zero-order valence-electron chi connectivity index (χ0n) is 16.7. The monoisotopic (exact) mass is 391 g/mol. The van der Waals surface area contributed by atoms with Crippen molar-refractivity contribution >= 4 is 17.7 Å². The number of aryl methyl sites for hydroxylation is 1. The van der Waals surface area contributed by atoms with Gasteiger partial charge in [0.2, 0.25) is 5.91 Å². The molecule has 0 radical (unpaired) electrons. The average molecular weight is 392 g/mol. The Kier molecular flexibility index (Phi) is 8.00. The predicted molar refractivity (Wildman–Crippen MR) is 112 cm³/mol. The molecule has 27 heavy (non-hydrogen) atoms. The van der Waals surface area contributed by atoms with Crippen molar-refractivity contribution in [2.24, 2.45) is 0 Å². The quantitative estimate of drug-likeness (QED) is 0.678. The van der Waals surface area contributed by atoms with E-state index in [0.29, 0.717) is 19.2 Å². The van der Waals surface area contributed by atoms with Gasteiger partial charge in [-0.2, -0.15) is 11.8 Å². The fourth-order valence-corrected chi connectivity index (χ4v) is 5.16. The van der Waals surface area contributed by atoms with Gasteiger partial charge in [-0.1, -0.05) is 29.8 Å². The number of amides is 1. The predicted octanol–water partition coefficient (Wildman–Crippen LogP) is 2.09. The van der Waals surface area contributed by atoms with Crippen LogP contribution in [0.5, 0.6) is 0 Å². The van der Waals surface area contributed by atoms with Crippen LogP contribution in [-0.4, -0.2) is 91.1 Å². The second kappa shape index (κ2) is 10.5. The normalized spacial score (nSPS) is 21.1. The van der Waals surface area contributed by atoms with Gasteiger partial charge in [0, 0.05) is 58.2 Å². The third-order valence-electron chi connectivity index (χ3n) is 5.56. The van der Waals surface area contributed by atoms with Crippen LogP contribution in [-0.2, 0) is 16.1 Å². The summed E-state index contributed by atoms with van der Waals surface area (Å²) in [6, 6.07) is 9.23. The number of piperazine rings is 1. The number of ether oxygens (including phenoxy) is 1. The smallest absolute Gasteiger partial charge is 0.236 e. The Labute approximate surface area is 168 Å². The van der Waals surface area contributed by atoms with Crippen molar-refractivity contribution in [3.63, 3.8) is 0 Å². The highest BCUT2D eigenvalue weighted by atomic mass is 32.2. The second-order valence-corrected chi connectivity index (χ2v) is 8.78. The molecule has 0 unspecified atom stereocenters. The lowest BCUT2D eigenvalue weighted by atomic mass is 10.1. The van der Waals surface area contributed by atoms with Crippen LogP contribution >= 0.6 is 11.8 Å². The number of benzene rings is 1. The van der Waals surface area contributed by atoms with Crippen molar-refractivity contribution in [2.75, 3.05) is 64.5 Å². The minimum absolute atomic E-state index is 0.276. The Bertz CT molecular complexity index is 599. The molecule has 0 spiro atoms. The molecule has 6 heteroatoms. The molecular formula is C21H33N3O2S. The van der Waals surface area contributed by atoms with Gasteiger partial charge in [-0.3, -0.25) is 14.6 Å². The van der Waals surface area contributed by atoms with Crippen molar-refractivity contribution in [1.29, 1.82) is 0 Å². The summed E-state index contributed by atoms with van der Waals surface area (Å²) in [6.07, 6.45) is 1.19. The maximum atomic E-state index is 12.9. The first-order chi connectivity index (χ1) is 13.2. The first-order valence-electron chi connectivity index (χ1n) is 10.0. The van der Waals surface area contributed by atoms with Crippen LogP contribution in [0.15, 0.2) is 24.3 Å². The molecule has 2 fully saturated rings. The number of methoxy groups -OCH3 is 1. The summed E-state index contributed by atoms with van der Waals surface area (Å²) < 4.78 is 5.26. The average Bonchev–Trinajstić information content (AvgIpc) is 3.20. The van der Waals surface area contributed by atoms with Crippen molar-refractivity contribution < 1.29 is 9.53 Å². The number of nitrogens with zero attached hydrogens (tertiary/aromatic N) is 3. The van der Waals surface area contributed by atoms with Crippen molar-refractivity contribution in [3.05, 3.63) is 35.4 Å². The molecule has 1 aromatic carbocycles. The number of hydrogen-bond acceptors (Lipinski definition) is 5. The van der Waals surface area contributed by atoms with Gasteiger partial charge in [-0.25, -0.2) is 0 Å². The number of rotatable bonds is 8. The van der Waals surface area contributed by atoms with E-state index >= 15 is 0 Å². The van der Waals surface area contributed by atoms with Crippen LogP contribution in [0.1, 0.15) is 17.5 Å². The summed E-state index contributed by atoms with van der Waals surface area (Å²) in [5.41, 5.74) is 2.67. The molecule has 2 aliphatic rings. The molecule has 2 saturated heterocycles. The van der Waals surface area contributed by atoms with Gasteiger partial charge in [0.25, 0.3) is 0 Å². The number of carbonyl (C=O) groups is 1. The van der Waals surface area contributed by atoms with Gasteiger partial charge >= 0.3 is 0 Å². The van der Waals surface area contributed by atoms with Crippen LogP contribution in [0.25, 0.3) is 0 Å². The molecule has 5 nitrogen and oxygen atoms in total. The van der Waals surface area contributed by atoms with Gasteiger partial charge in [-0.05, 0) is 24.7 Å². The Balaban J connectivity index is 1.46. The molecule has 3 rings (SSSR count). The van der Waals surface area contributed by atoms with E-state index < -0.39 is 0 Å². The van der Waals surface area contributed by atoms with E-state index in [1.165, 1.54) is 23.3 Å². The third kappa shape index (κ3) is 6.21. The highest BCUT2D eigenvalue weighted by molar-refractivity contribution is 7.99. The highest BCUT2D eigenvalue weighted by Crippen LogP contribution is 2.22. The zero-order chi connectivity index (χ0) is 19.1. The summed E-state index contributed by atoms with van der Waals surface area (Å²) in [6.45, 7) is 8.77. The van der Waals surface area contributed by atoms with E-state index in [0.717, 1.165) is 45.0 Å². The van der Waals surface area contributed by atoms with Gasteiger partial charge in [0.1, 0.15) is 0 Å². The van der Waals surface area contributed by atoms with E-state index in [-0.39, 0.29) is 5.91 Å². The second-order valence-electron chi connectivity index (χ2n) is 7.63. The van der Waals surface area contributed by atoms with Crippen molar-refractivity contribution in [1.82, 2.24) is 14.7 Å². The highest BCUT2D eigenvalue weighted by Gasteiger charge is 2.27. The molecule has 2 aliphatic heterocycles. The Hall–Kier alpha value is -1.08. The van der Waals surface area contributed by atoms with E-state index in [9.17, 15) is 4.79 Å². The molecule has 0 saturated carbocycles. The Morgan fingerprint density at radius 2 is 2.11 bits per heavy atom. The van der Waals surface area contributed by atoms with Gasteiger partial charge in [-0.15, -0.1) is 0 Å². The summed E-state index contributed by atoms with van der Waals surface area (Å²) in [7, 11) is 1.73. The largest absolute Gasteiger partial charge is 0.383 e. The summed E-state index contributed by atoms with van der Waals surface area (Å²) >= 11 is 1.99. The SMILES string of the molecule is COCCN(CC(=O)N1CCN(Cc2cccc(C)c2)CC1)[C@@H]1CCSC1. The van der Waals surface area contributed by atoms with E-state index in [1.54, 1.807) is 7.11 Å². The van der Waals surface area contributed by atoms with Crippen LogP contribution in [0.4, 0.5) is 0 Å². The third-order valence-corrected chi connectivity index (χ3v) is 6.70. The summed E-state index contributed by atoms with van der Waals surface area (Å²) in [4.78, 5) is 19.7. The first kappa shape index (κ1) is 20.6. The summed E-state index contributed by atoms with van der Waals surface area (Å²) in [5.74, 6) is 2.62. The van der Waals surface area contributed by atoms with Crippen LogP contribution in [0, 0.1) is 6.92 Å². The molecule has 1 atom stereocenters. The lowest BCUT2D eigenvalue weighted by Gasteiger charge is -2.36. The van der Waals surface area contributed by atoms with Gasteiger partial charge < -0.3 is 9.64 Å². The molecule has 0 aliphatic carbocycles. The lowest BCUT2D eigenvalue weighted by molar-refractivity contribution is -0.134. The Morgan fingerprint density at radius 1 is 1.30 bits per heavy atom. The standard InChI is InChI=1S/C21H33N3O2S/c1-18-4-3-5-19(14-18)15-22-7-9-23(10-8-22)21(25)16-24(11-12-26-2)20-6-13-27-17-20/h3-5,14,20H,6-13,15-17H2,1-2H3/t20-/m1/s1. The zero-order valence-corrected chi connectivity index (χ0v) is 17.5. The van der Waals surface area contributed by atoms with Gasteiger partial charge in [0.15, 0.2) is 0 Å². The van der Waals surface area contributed by atoms with Crippen LogP contribution < -0.4 is 0 Å². The molecule has 1 aromatic rings. The van der Waals surface area contributed by atoms with Crippen molar-refractivity contribution in [3.8, 4) is 0 Å². The molecule has 2 heterocycles. The molecule has 0 aromatic heterocycles. The topological polar surface area (TPSA) is 36.0 Å². The Morgan fingerprint density at radius 3 is 2.78 bits per heavy atom. The van der Waals surface area contributed by atoms with Crippen LogP contribution in [0.3, 0.4) is 0 Å². The first-order valence-corrected chi connectivity index (χ1v) is 11.2. The van der Waals surface area contributed by atoms with Crippen LogP contribution in [0.2, 0.25) is 0 Å². The molecule has 1 amide bonds. The maximum Gasteiger partial charge on any atom is 0.236 e. The van der Waals surface area contributed by atoms with Gasteiger partial charge in [0.05, 0.1) is 13.2 Å². The molecule has 0 bridgehead atoms. The minimum atomic E-state index is 0.276. The fourth-order valence-electron chi connectivity index (χ4n) is 3.91. The summed E-state index contributed by atoms with van der Waals surface area (Å²) in [5, 5.41) is 0. The lowest BCUT2D eigenvalue weighted by Crippen LogP contribution is -2.52. The maximum absolute atomic E-state index is 12.9. The van der Waals surface area contributed by atoms with Crippen molar-refractivity contribution in [2.45, 2.75) is 25.9 Å². The van der Waals surface area contributed by atoms with E-state index in [2.05, 4.69) is 45.9 Å².